The Morgan fingerprint density at radius 1 is 1.39 bits per heavy atom. The molecule has 1 amide bonds. The lowest BCUT2D eigenvalue weighted by Gasteiger charge is -2.06. The van der Waals surface area contributed by atoms with Gasteiger partial charge >= 0.3 is 0 Å². The number of thiazole rings is 1. The molecule has 0 aliphatic carbocycles. The van der Waals surface area contributed by atoms with Crippen LogP contribution in [-0.4, -0.2) is 21.9 Å². The highest BCUT2D eigenvalue weighted by molar-refractivity contribution is 7.80. The molecule has 0 atom stereocenters. The number of rotatable bonds is 7. The van der Waals surface area contributed by atoms with Crippen LogP contribution in [0.4, 0.5) is 5.13 Å². The number of carbonyl (C=O) groups excluding carboxylic acids is 1. The Balaban J connectivity index is 1.97. The zero-order valence-electron chi connectivity index (χ0n) is 13.0. The molecule has 0 saturated heterocycles. The summed E-state index contributed by atoms with van der Waals surface area (Å²) >= 11 is 12.2. The Hall–Kier alpha value is -1.24. The molecule has 0 spiro atoms. The summed E-state index contributed by atoms with van der Waals surface area (Å²) in [4.78, 5) is 16.1. The predicted molar refractivity (Wildman–Crippen MR) is 103 cm³/mol. The van der Waals surface area contributed by atoms with Gasteiger partial charge in [0.05, 0.1) is 10.2 Å². The third kappa shape index (κ3) is 5.71. The zero-order chi connectivity index (χ0) is 16.7. The highest BCUT2D eigenvalue weighted by Gasteiger charge is 2.08. The second kappa shape index (κ2) is 9.15. The highest BCUT2D eigenvalue weighted by Crippen LogP contribution is 2.27. The quantitative estimate of drug-likeness (QED) is 0.558. The fraction of sp³-hybridized carbons (Fsp3) is 0.438. The molecule has 2 rings (SSSR count). The first kappa shape index (κ1) is 18.1. The molecule has 2 aromatic rings. The van der Waals surface area contributed by atoms with Crippen molar-refractivity contribution >= 4 is 61.5 Å². The third-order valence-corrected chi connectivity index (χ3v) is 4.69. The van der Waals surface area contributed by atoms with Crippen LogP contribution in [0.5, 0.6) is 0 Å². The number of alkyl halides is 1. The lowest BCUT2D eigenvalue weighted by Crippen LogP contribution is -2.33. The Labute approximate surface area is 150 Å². The van der Waals surface area contributed by atoms with E-state index in [4.69, 9.17) is 23.8 Å². The van der Waals surface area contributed by atoms with Crippen molar-refractivity contribution in [3.05, 3.63) is 23.8 Å². The summed E-state index contributed by atoms with van der Waals surface area (Å²) < 4.78 is 1.12. The minimum absolute atomic E-state index is 0.133. The lowest BCUT2D eigenvalue weighted by atomic mass is 10.1. The van der Waals surface area contributed by atoms with Gasteiger partial charge in [0.25, 0.3) is 0 Å². The predicted octanol–water partition coefficient (Wildman–Crippen LogP) is 4.47. The van der Waals surface area contributed by atoms with Gasteiger partial charge in [0.2, 0.25) is 5.91 Å². The maximum Gasteiger partial charge on any atom is 0.226 e. The fourth-order valence-electron chi connectivity index (χ4n) is 2.10. The Kier molecular flexibility index (Phi) is 7.20. The molecular weight excluding hydrogens is 350 g/mol. The van der Waals surface area contributed by atoms with E-state index in [9.17, 15) is 4.79 Å². The molecule has 0 aliphatic rings. The van der Waals surface area contributed by atoms with Crippen LogP contribution in [0.15, 0.2) is 18.2 Å². The monoisotopic (exact) mass is 369 g/mol. The van der Waals surface area contributed by atoms with Crippen molar-refractivity contribution < 1.29 is 4.79 Å². The van der Waals surface area contributed by atoms with E-state index in [0.29, 0.717) is 23.9 Å². The number of thiocarbonyl (C=S) groups is 1. The van der Waals surface area contributed by atoms with Gasteiger partial charge in [-0.1, -0.05) is 30.7 Å². The average Bonchev–Trinajstić information content (AvgIpc) is 2.91. The molecule has 0 radical (unpaired) electrons. The first-order valence-electron chi connectivity index (χ1n) is 7.68. The first-order chi connectivity index (χ1) is 11.1. The van der Waals surface area contributed by atoms with E-state index in [1.807, 2.05) is 6.07 Å². The Bertz CT molecular complexity index is 687. The van der Waals surface area contributed by atoms with Crippen molar-refractivity contribution in [2.75, 3.05) is 11.2 Å². The van der Waals surface area contributed by atoms with Gasteiger partial charge in [0.1, 0.15) is 0 Å². The molecule has 1 aromatic carbocycles. The molecule has 23 heavy (non-hydrogen) atoms. The summed E-state index contributed by atoms with van der Waals surface area (Å²) in [5.74, 6) is 0.331. The second-order valence-corrected chi connectivity index (χ2v) is 7.04. The largest absolute Gasteiger partial charge is 0.308 e. The van der Waals surface area contributed by atoms with E-state index in [2.05, 4.69) is 34.7 Å². The van der Waals surface area contributed by atoms with Crippen molar-refractivity contribution in [1.82, 2.24) is 10.3 Å². The number of halogens is 1. The smallest absolute Gasteiger partial charge is 0.226 e. The minimum atomic E-state index is -0.133. The highest BCUT2D eigenvalue weighted by atomic mass is 35.5. The van der Waals surface area contributed by atoms with Crippen molar-refractivity contribution in [2.45, 2.75) is 39.0 Å². The van der Waals surface area contributed by atoms with E-state index in [0.717, 1.165) is 16.6 Å². The number of fused-ring (bicyclic) bond motifs is 1. The fourth-order valence-corrected chi connectivity index (χ4v) is 3.45. The summed E-state index contributed by atoms with van der Waals surface area (Å²) in [6.45, 7) is 2.19. The number of aromatic nitrogens is 1. The maximum absolute atomic E-state index is 11.6. The molecule has 1 aromatic heterocycles. The van der Waals surface area contributed by atoms with Gasteiger partial charge in [-0.25, -0.2) is 4.98 Å². The molecule has 7 heteroatoms. The zero-order valence-corrected chi connectivity index (χ0v) is 15.4. The van der Waals surface area contributed by atoms with E-state index in [-0.39, 0.29) is 11.0 Å². The molecule has 1 heterocycles. The van der Waals surface area contributed by atoms with Gasteiger partial charge in [0, 0.05) is 12.3 Å². The van der Waals surface area contributed by atoms with Crippen LogP contribution in [0, 0.1) is 0 Å². The number of nitrogens with one attached hydrogen (secondary N) is 2. The maximum atomic E-state index is 11.6. The summed E-state index contributed by atoms with van der Waals surface area (Å²) in [5, 5.41) is 6.57. The molecule has 0 fully saturated rings. The number of benzene rings is 1. The van der Waals surface area contributed by atoms with Crippen LogP contribution in [0.2, 0.25) is 0 Å². The molecule has 0 aliphatic heterocycles. The molecule has 4 nitrogen and oxygen atoms in total. The van der Waals surface area contributed by atoms with Crippen molar-refractivity contribution in [1.29, 1.82) is 0 Å². The van der Waals surface area contributed by atoms with Crippen molar-refractivity contribution in [2.24, 2.45) is 0 Å². The number of amides is 1. The number of anilines is 1. The summed E-state index contributed by atoms with van der Waals surface area (Å²) in [6, 6.07) is 6.33. The molecule has 124 valence electrons. The lowest BCUT2D eigenvalue weighted by molar-refractivity contribution is -0.119. The third-order valence-electron chi connectivity index (χ3n) is 3.28. The first-order valence-corrected chi connectivity index (χ1v) is 9.44. The van der Waals surface area contributed by atoms with Gasteiger partial charge in [-0.15, -0.1) is 11.6 Å². The van der Waals surface area contributed by atoms with Crippen LogP contribution < -0.4 is 10.6 Å². The number of hydrogen-bond acceptors (Lipinski definition) is 4. The second-order valence-electron chi connectivity index (χ2n) is 5.22. The number of hydrogen-bond donors (Lipinski definition) is 2. The summed E-state index contributed by atoms with van der Waals surface area (Å²) in [7, 11) is 0. The van der Waals surface area contributed by atoms with Crippen molar-refractivity contribution in [3.8, 4) is 0 Å². The van der Waals surface area contributed by atoms with Crippen LogP contribution in [0.25, 0.3) is 10.2 Å². The topological polar surface area (TPSA) is 54.0 Å². The van der Waals surface area contributed by atoms with E-state index >= 15 is 0 Å². The molecule has 0 saturated carbocycles. The van der Waals surface area contributed by atoms with Gasteiger partial charge in [0.15, 0.2) is 10.2 Å². The minimum Gasteiger partial charge on any atom is -0.308 e. The van der Waals surface area contributed by atoms with Crippen LogP contribution in [0.3, 0.4) is 0 Å². The normalized spacial score (nSPS) is 10.7. The Morgan fingerprint density at radius 2 is 2.22 bits per heavy atom. The van der Waals surface area contributed by atoms with Gasteiger partial charge in [-0.05, 0) is 49.2 Å². The number of aryl methyl sites for hydroxylation is 1. The number of unbranched alkanes of at least 4 members (excludes halogenated alkanes) is 1. The van der Waals surface area contributed by atoms with Crippen LogP contribution in [-0.2, 0) is 11.2 Å². The van der Waals surface area contributed by atoms with Crippen LogP contribution >= 0.6 is 35.2 Å². The van der Waals surface area contributed by atoms with Crippen LogP contribution in [0.1, 0.15) is 38.2 Å². The van der Waals surface area contributed by atoms with E-state index in [1.165, 1.54) is 29.7 Å². The standard InChI is InChI=1S/C16H20ClN3OS2/c1-2-3-5-11-7-8-12-13(10-11)23-16(18-12)20-15(22)19-14(21)6-4-9-17/h7-8,10H,2-6,9H2,1H3,(H2,18,19,20,21,22). The van der Waals surface area contributed by atoms with E-state index in [1.54, 1.807) is 0 Å². The number of carbonyl (C=O) groups is 1. The van der Waals surface area contributed by atoms with Gasteiger partial charge in [-0.3, -0.25) is 4.79 Å². The number of nitrogens with zero attached hydrogens (tertiary/aromatic N) is 1. The van der Waals surface area contributed by atoms with Gasteiger partial charge in [-0.2, -0.15) is 0 Å². The Morgan fingerprint density at radius 3 is 2.96 bits per heavy atom. The average molecular weight is 370 g/mol. The van der Waals surface area contributed by atoms with Gasteiger partial charge < -0.3 is 10.6 Å². The van der Waals surface area contributed by atoms with E-state index < -0.39 is 0 Å². The SMILES string of the molecule is CCCCc1ccc2nc(NC(=S)NC(=O)CCCCl)sc2c1. The van der Waals surface area contributed by atoms with Crippen molar-refractivity contribution in [3.63, 3.8) is 0 Å². The summed E-state index contributed by atoms with van der Waals surface area (Å²) in [5.41, 5.74) is 2.26. The molecular formula is C16H20ClN3OS2. The summed E-state index contributed by atoms with van der Waals surface area (Å²) in [6.07, 6.45) is 4.46. The molecule has 0 unspecified atom stereocenters. The molecule has 0 bridgehead atoms. The molecule has 2 N–H and O–H groups in total.